The van der Waals surface area contributed by atoms with Gasteiger partial charge < -0.3 is 5.32 Å². The molecule has 3 aromatic rings. The monoisotopic (exact) mass is 420 g/mol. The average molecular weight is 421 g/mol. The van der Waals surface area contributed by atoms with Crippen molar-refractivity contribution in [2.75, 3.05) is 6.54 Å². The molecule has 31 heavy (non-hydrogen) atoms. The van der Waals surface area contributed by atoms with Crippen LogP contribution in [0.1, 0.15) is 37.3 Å². The Balaban J connectivity index is 1.37. The SMILES string of the molecule is CC1CCCCN1Cc1ccc(CNC(=O)Cn2c(=O)[nH]c(=O)c3ccccc32)cc1. The molecule has 1 atom stereocenters. The average Bonchev–Trinajstić information content (AvgIpc) is 2.78. The number of aromatic nitrogens is 2. The van der Waals surface area contributed by atoms with Crippen LogP contribution in [0.3, 0.4) is 0 Å². The Morgan fingerprint density at radius 3 is 2.58 bits per heavy atom. The lowest BCUT2D eigenvalue weighted by Gasteiger charge is -2.33. The van der Waals surface area contributed by atoms with E-state index in [2.05, 4.69) is 34.3 Å². The number of nitrogens with one attached hydrogen (secondary N) is 2. The Bertz CT molecular complexity index is 1180. The van der Waals surface area contributed by atoms with Gasteiger partial charge in [-0.3, -0.25) is 24.0 Å². The maximum atomic E-state index is 12.5. The molecular weight excluding hydrogens is 392 g/mol. The fourth-order valence-electron chi connectivity index (χ4n) is 4.19. The van der Waals surface area contributed by atoms with Crippen LogP contribution in [0.25, 0.3) is 10.9 Å². The molecule has 1 aromatic heterocycles. The van der Waals surface area contributed by atoms with Crippen LogP contribution in [-0.2, 0) is 24.4 Å². The van der Waals surface area contributed by atoms with Gasteiger partial charge in [-0.05, 0) is 49.6 Å². The highest BCUT2D eigenvalue weighted by molar-refractivity contribution is 5.81. The standard InChI is InChI=1S/C24H28N4O3/c1-17-6-4-5-13-27(17)15-19-11-9-18(10-12-19)14-25-22(29)16-28-21-8-3-2-7-20(21)23(30)26-24(28)31/h2-3,7-12,17H,4-6,13-16H2,1H3,(H,25,29)(H,26,30,31). The molecule has 0 saturated carbocycles. The van der Waals surface area contributed by atoms with Gasteiger partial charge in [-0.15, -0.1) is 0 Å². The van der Waals surface area contributed by atoms with Crippen molar-refractivity contribution in [1.29, 1.82) is 0 Å². The van der Waals surface area contributed by atoms with Gasteiger partial charge in [0, 0.05) is 19.1 Å². The first-order chi connectivity index (χ1) is 15.0. The largest absolute Gasteiger partial charge is 0.350 e. The smallest absolute Gasteiger partial charge is 0.329 e. The van der Waals surface area contributed by atoms with E-state index in [1.54, 1.807) is 24.3 Å². The molecule has 2 N–H and O–H groups in total. The zero-order valence-corrected chi connectivity index (χ0v) is 17.8. The summed E-state index contributed by atoms with van der Waals surface area (Å²) >= 11 is 0. The highest BCUT2D eigenvalue weighted by Crippen LogP contribution is 2.19. The number of hydrogen-bond acceptors (Lipinski definition) is 4. The number of nitrogens with zero attached hydrogens (tertiary/aromatic N) is 2. The van der Waals surface area contributed by atoms with Gasteiger partial charge in [-0.1, -0.05) is 42.8 Å². The Morgan fingerprint density at radius 1 is 1.06 bits per heavy atom. The minimum absolute atomic E-state index is 0.152. The summed E-state index contributed by atoms with van der Waals surface area (Å²) in [5.74, 6) is -0.287. The van der Waals surface area contributed by atoms with E-state index in [1.807, 2.05) is 12.1 Å². The van der Waals surface area contributed by atoms with Crippen molar-refractivity contribution in [3.05, 3.63) is 80.5 Å². The first kappa shape index (κ1) is 21.1. The second kappa shape index (κ2) is 9.31. The molecular formula is C24H28N4O3. The molecule has 1 amide bonds. The fraction of sp³-hybridized carbons (Fsp3) is 0.375. The number of fused-ring (bicyclic) bond motifs is 1. The van der Waals surface area contributed by atoms with Gasteiger partial charge in [-0.2, -0.15) is 0 Å². The van der Waals surface area contributed by atoms with E-state index in [9.17, 15) is 14.4 Å². The third-order valence-electron chi connectivity index (χ3n) is 6.05. The number of amides is 1. The van der Waals surface area contributed by atoms with Crippen molar-refractivity contribution < 1.29 is 4.79 Å². The van der Waals surface area contributed by atoms with Gasteiger partial charge in [0.25, 0.3) is 5.56 Å². The molecule has 162 valence electrons. The maximum Gasteiger partial charge on any atom is 0.329 e. The molecule has 0 aliphatic carbocycles. The number of aromatic amines is 1. The molecule has 0 radical (unpaired) electrons. The predicted octanol–water partition coefficient (Wildman–Crippen LogP) is 2.38. The number of likely N-dealkylation sites (tertiary alicyclic amines) is 1. The summed E-state index contributed by atoms with van der Waals surface area (Å²) in [6.07, 6.45) is 3.84. The molecule has 2 heterocycles. The van der Waals surface area contributed by atoms with Crippen LogP contribution in [0.4, 0.5) is 0 Å². The molecule has 1 fully saturated rings. The molecule has 0 bridgehead atoms. The number of rotatable bonds is 6. The van der Waals surface area contributed by atoms with E-state index >= 15 is 0 Å². The summed E-state index contributed by atoms with van der Waals surface area (Å²) in [4.78, 5) is 41.4. The Labute approximate surface area is 180 Å². The lowest BCUT2D eigenvalue weighted by molar-refractivity contribution is -0.121. The van der Waals surface area contributed by atoms with Crippen molar-refractivity contribution >= 4 is 16.8 Å². The number of hydrogen-bond donors (Lipinski definition) is 2. The maximum absolute atomic E-state index is 12.5. The van der Waals surface area contributed by atoms with Gasteiger partial charge >= 0.3 is 5.69 Å². The number of carbonyl (C=O) groups excluding carboxylic acids is 1. The molecule has 1 aliphatic heterocycles. The Hall–Kier alpha value is -3.19. The van der Waals surface area contributed by atoms with E-state index in [0.29, 0.717) is 23.5 Å². The van der Waals surface area contributed by atoms with Crippen LogP contribution in [0.2, 0.25) is 0 Å². The van der Waals surface area contributed by atoms with Gasteiger partial charge in [0.1, 0.15) is 6.54 Å². The third kappa shape index (κ3) is 4.94. The molecule has 4 rings (SSSR count). The van der Waals surface area contributed by atoms with Gasteiger partial charge in [0.05, 0.1) is 10.9 Å². The van der Waals surface area contributed by atoms with E-state index < -0.39 is 11.2 Å². The Morgan fingerprint density at radius 2 is 1.81 bits per heavy atom. The highest BCUT2D eigenvalue weighted by Gasteiger charge is 2.18. The van der Waals surface area contributed by atoms with Crippen molar-refractivity contribution in [1.82, 2.24) is 19.8 Å². The molecule has 2 aromatic carbocycles. The predicted molar refractivity (Wildman–Crippen MR) is 121 cm³/mol. The van der Waals surface area contributed by atoms with Crippen LogP contribution in [0, 0.1) is 0 Å². The summed E-state index contributed by atoms with van der Waals surface area (Å²) < 4.78 is 1.29. The zero-order valence-electron chi connectivity index (χ0n) is 17.8. The number of benzene rings is 2. The summed E-state index contributed by atoms with van der Waals surface area (Å²) in [5, 5.41) is 3.24. The van der Waals surface area contributed by atoms with E-state index in [-0.39, 0.29) is 12.5 Å². The number of piperidine rings is 1. The lowest BCUT2D eigenvalue weighted by atomic mass is 10.0. The molecule has 1 unspecified atom stereocenters. The topological polar surface area (TPSA) is 87.2 Å². The molecule has 7 heteroatoms. The normalized spacial score (nSPS) is 17.0. The van der Waals surface area contributed by atoms with Crippen molar-refractivity contribution in [2.24, 2.45) is 0 Å². The van der Waals surface area contributed by atoms with E-state index in [0.717, 1.165) is 18.7 Å². The van der Waals surface area contributed by atoms with E-state index in [4.69, 9.17) is 0 Å². The van der Waals surface area contributed by atoms with Crippen LogP contribution in [0.15, 0.2) is 58.1 Å². The molecule has 0 spiro atoms. The Kier molecular flexibility index (Phi) is 6.32. The van der Waals surface area contributed by atoms with Crippen LogP contribution < -0.4 is 16.6 Å². The zero-order chi connectivity index (χ0) is 21.8. The van der Waals surface area contributed by atoms with Crippen LogP contribution in [-0.4, -0.2) is 32.9 Å². The molecule has 1 saturated heterocycles. The lowest BCUT2D eigenvalue weighted by Crippen LogP contribution is -2.36. The summed E-state index contributed by atoms with van der Waals surface area (Å²) in [7, 11) is 0. The van der Waals surface area contributed by atoms with Crippen LogP contribution in [0.5, 0.6) is 0 Å². The second-order valence-electron chi connectivity index (χ2n) is 8.27. The minimum Gasteiger partial charge on any atom is -0.350 e. The quantitative estimate of drug-likeness (QED) is 0.641. The van der Waals surface area contributed by atoms with Crippen molar-refractivity contribution in [2.45, 2.75) is 51.9 Å². The van der Waals surface area contributed by atoms with Crippen molar-refractivity contribution in [3.63, 3.8) is 0 Å². The molecule has 1 aliphatic rings. The van der Waals surface area contributed by atoms with Gasteiger partial charge in [-0.25, -0.2) is 4.79 Å². The summed E-state index contributed by atoms with van der Waals surface area (Å²) in [5.41, 5.74) is 1.69. The number of carbonyl (C=O) groups is 1. The fourth-order valence-corrected chi connectivity index (χ4v) is 4.19. The minimum atomic E-state index is -0.588. The first-order valence-electron chi connectivity index (χ1n) is 10.8. The molecule has 7 nitrogen and oxygen atoms in total. The summed E-state index contributed by atoms with van der Waals surface area (Å²) in [6.45, 7) is 4.63. The second-order valence-corrected chi connectivity index (χ2v) is 8.27. The van der Waals surface area contributed by atoms with Crippen molar-refractivity contribution in [3.8, 4) is 0 Å². The number of para-hydroxylation sites is 1. The third-order valence-corrected chi connectivity index (χ3v) is 6.05. The highest BCUT2D eigenvalue weighted by atomic mass is 16.2. The van der Waals surface area contributed by atoms with Gasteiger partial charge in [0.2, 0.25) is 5.91 Å². The van der Waals surface area contributed by atoms with E-state index in [1.165, 1.54) is 29.4 Å². The van der Waals surface area contributed by atoms with Crippen LogP contribution >= 0.6 is 0 Å². The number of H-pyrrole nitrogens is 1. The van der Waals surface area contributed by atoms with Gasteiger partial charge in [0.15, 0.2) is 0 Å². The summed E-state index contributed by atoms with van der Waals surface area (Å²) in [6, 6.07) is 15.7. The first-order valence-corrected chi connectivity index (χ1v) is 10.8.